The fourth-order valence-corrected chi connectivity index (χ4v) is 2.84. The maximum Gasteiger partial charge on any atom is 0.0807 e. The second kappa shape index (κ2) is 4.58. The molecule has 1 unspecified atom stereocenters. The number of hydrogen-bond donors (Lipinski definition) is 1. The lowest BCUT2D eigenvalue weighted by atomic mass is 9.95. The quantitative estimate of drug-likeness (QED) is 0.879. The van der Waals surface area contributed by atoms with Crippen molar-refractivity contribution < 1.29 is 5.11 Å². The molecule has 3 rings (SSSR count). The first-order chi connectivity index (χ1) is 8.75. The minimum absolute atomic E-state index is 0.275. The molecule has 1 aliphatic rings. The van der Waals surface area contributed by atoms with Crippen LogP contribution in [-0.2, 0) is 13.0 Å². The topological polar surface area (TPSA) is 38.0 Å². The lowest BCUT2D eigenvalue weighted by Gasteiger charge is -2.20. The second-order valence-electron chi connectivity index (χ2n) is 5.04. The van der Waals surface area contributed by atoms with E-state index in [1.54, 1.807) is 6.20 Å². The standard InChI is InChI=1S/C15H18N2O/c1-11-8-13-14(5-2-6-15(13)18)17(11)10-12-4-3-7-16-9-12/h3-4,7-9,15,18H,2,5-6,10H2,1H3. The molecule has 0 saturated carbocycles. The van der Waals surface area contributed by atoms with Gasteiger partial charge >= 0.3 is 0 Å². The van der Waals surface area contributed by atoms with Gasteiger partial charge in [-0.05, 0) is 43.9 Å². The highest BCUT2D eigenvalue weighted by molar-refractivity contribution is 5.32. The van der Waals surface area contributed by atoms with Crippen molar-refractivity contribution in [3.05, 3.63) is 53.1 Å². The van der Waals surface area contributed by atoms with Crippen molar-refractivity contribution in [2.75, 3.05) is 0 Å². The molecule has 0 aromatic carbocycles. The normalized spacial score (nSPS) is 18.7. The molecule has 0 amide bonds. The van der Waals surface area contributed by atoms with E-state index in [1.807, 2.05) is 12.3 Å². The van der Waals surface area contributed by atoms with Crippen LogP contribution in [0.15, 0.2) is 30.6 Å². The van der Waals surface area contributed by atoms with Gasteiger partial charge in [0.05, 0.1) is 6.10 Å². The van der Waals surface area contributed by atoms with Gasteiger partial charge in [0.25, 0.3) is 0 Å². The average molecular weight is 242 g/mol. The highest BCUT2D eigenvalue weighted by atomic mass is 16.3. The number of aliphatic hydroxyl groups excluding tert-OH is 1. The predicted octanol–water partition coefficient (Wildman–Crippen LogP) is 2.61. The van der Waals surface area contributed by atoms with E-state index < -0.39 is 0 Å². The Kier molecular flexibility index (Phi) is 2.92. The van der Waals surface area contributed by atoms with E-state index in [4.69, 9.17) is 0 Å². The number of rotatable bonds is 2. The zero-order valence-corrected chi connectivity index (χ0v) is 10.6. The lowest BCUT2D eigenvalue weighted by molar-refractivity contribution is 0.156. The predicted molar refractivity (Wildman–Crippen MR) is 70.4 cm³/mol. The van der Waals surface area contributed by atoms with Crippen molar-refractivity contribution in [2.24, 2.45) is 0 Å². The SMILES string of the molecule is Cc1cc2c(n1Cc1cccnc1)CCCC2O. The van der Waals surface area contributed by atoms with Crippen LogP contribution in [0, 0.1) is 6.92 Å². The van der Waals surface area contributed by atoms with E-state index in [-0.39, 0.29) is 6.10 Å². The van der Waals surface area contributed by atoms with E-state index in [1.165, 1.54) is 17.0 Å². The van der Waals surface area contributed by atoms with E-state index in [0.29, 0.717) is 0 Å². The van der Waals surface area contributed by atoms with Crippen LogP contribution in [0.25, 0.3) is 0 Å². The first-order valence-corrected chi connectivity index (χ1v) is 6.51. The highest BCUT2D eigenvalue weighted by Crippen LogP contribution is 2.32. The number of fused-ring (bicyclic) bond motifs is 1. The number of nitrogens with zero attached hydrogens (tertiary/aromatic N) is 2. The number of aromatic nitrogens is 2. The third-order valence-corrected chi connectivity index (χ3v) is 3.76. The van der Waals surface area contributed by atoms with E-state index in [0.717, 1.165) is 31.4 Å². The summed E-state index contributed by atoms with van der Waals surface area (Å²) in [6.45, 7) is 2.96. The Morgan fingerprint density at radius 3 is 3.17 bits per heavy atom. The maximum absolute atomic E-state index is 10.0. The van der Waals surface area contributed by atoms with Gasteiger partial charge in [-0.25, -0.2) is 0 Å². The molecule has 0 spiro atoms. The Balaban J connectivity index is 1.97. The van der Waals surface area contributed by atoms with Crippen LogP contribution in [0.3, 0.4) is 0 Å². The molecule has 1 atom stereocenters. The fraction of sp³-hybridized carbons (Fsp3) is 0.400. The molecule has 0 saturated heterocycles. The number of aryl methyl sites for hydroxylation is 1. The van der Waals surface area contributed by atoms with Crippen LogP contribution in [0.5, 0.6) is 0 Å². The molecule has 1 N–H and O–H groups in total. The summed E-state index contributed by atoms with van der Waals surface area (Å²) in [6.07, 6.45) is 6.47. The van der Waals surface area contributed by atoms with Crippen LogP contribution >= 0.6 is 0 Å². The van der Waals surface area contributed by atoms with Gasteiger partial charge in [-0.3, -0.25) is 4.98 Å². The van der Waals surface area contributed by atoms with Crippen molar-refractivity contribution in [1.29, 1.82) is 0 Å². The fourth-order valence-electron chi connectivity index (χ4n) is 2.84. The van der Waals surface area contributed by atoms with Crippen LogP contribution < -0.4 is 0 Å². The minimum Gasteiger partial charge on any atom is -0.388 e. The van der Waals surface area contributed by atoms with Crippen molar-refractivity contribution in [3.8, 4) is 0 Å². The Bertz CT molecular complexity index is 545. The number of aliphatic hydroxyl groups is 1. The molecule has 2 aromatic rings. The van der Waals surface area contributed by atoms with Crippen molar-refractivity contribution in [2.45, 2.75) is 38.8 Å². The Labute approximate surface area is 107 Å². The largest absolute Gasteiger partial charge is 0.388 e. The summed E-state index contributed by atoms with van der Waals surface area (Å²) in [6, 6.07) is 6.20. The Morgan fingerprint density at radius 2 is 2.39 bits per heavy atom. The van der Waals surface area contributed by atoms with Crippen molar-refractivity contribution in [1.82, 2.24) is 9.55 Å². The zero-order chi connectivity index (χ0) is 12.5. The summed E-state index contributed by atoms with van der Waals surface area (Å²) in [7, 11) is 0. The molecule has 0 fully saturated rings. The van der Waals surface area contributed by atoms with Crippen molar-refractivity contribution in [3.63, 3.8) is 0 Å². The first kappa shape index (κ1) is 11.5. The van der Waals surface area contributed by atoms with Gasteiger partial charge in [0.2, 0.25) is 0 Å². The molecule has 94 valence electrons. The summed E-state index contributed by atoms with van der Waals surface area (Å²) in [5.74, 6) is 0. The zero-order valence-electron chi connectivity index (χ0n) is 10.6. The smallest absolute Gasteiger partial charge is 0.0807 e. The molecule has 0 bridgehead atoms. The molecular formula is C15H18N2O. The molecule has 3 heteroatoms. The molecule has 2 heterocycles. The monoisotopic (exact) mass is 242 g/mol. The molecule has 18 heavy (non-hydrogen) atoms. The molecule has 3 nitrogen and oxygen atoms in total. The summed E-state index contributed by atoms with van der Waals surface area (Å²) in [4.78, 5) is 4.16. The van der Waals surface area contributed by atoms with Gasteiger partial charge in [-0.15, -0.1) is 0 Å². The maximum atomic E-state index is 10.0. The van der Waals surface area contributed by atoms with Gasteiger partial charge in [0, 0.05) is 35.9 Å². The Hall–Kier alpha value is -1.61. The highest BCUT2D eigenvalue weighted by Gasteiger charge is 2.22. The van der Waals surface area contributed by atoms with Gasteiger partial charge < -0.3 is 9.67 Å². The molecular weight excluding hydrogens is 224 g/mol. The summed E-state index contributed by atoms with van der Waals surface area (Å²) in [5.41, 5.74) is 4.86. The lowest BCUT2D eigenvalue weighted by Crippen LogP contribution is -2.13. The summed E-state index contributed by atoms with van der Waals surface area (Å²) >= 11 is 0. The number of pyridine rings is 1. The molecule has 0 radical (unpaired) electrons. The summed E-state index contributed by atoms with van der Waals surface area (Å²) < 4.78 is 2.31. The molecule has 0 aliphatic heterocycles. The average Bonchev–Trinajstić information content (AvgIpc) is 2.70. The van der Waals surface area contributed by atoms with Crippen LogP contribution in [0.1, 0.15) is 41.5 Å². The van der Waals surface area contributed by atoms with Gasteiger partial charge in [-0.1, -0.05) is 6.07 Å². The van der Waals surface area contributed by atoms with Gasteiger partial charge in [0.15, 0.2) is 0 Å². The van der Waals surface area contributed by atoms with Gasteiger partial charge in [-0.2, -0.15) is 0 Å². The van der Waals surface area contributed by atoms with E-state index in [2.05, 4.69) is 28.6 Å². The summed E-state index contributed by atoms with van der Waals surface area (Å²) in [5, 5.41) is 10.0. The first-order valence-electron chi connectivity index (χ1n) is 6.51. The minimum atomic E-state index is -0.275. The van der Waals surface area contributed by atoms with Gasteiger partial charge in [0.1, 0.15) is 0 Å². The Morgan fingerprint density at radius 1 is 1.50 bits per heavy atom. The van der Waals surface area contributed by atoms with Crippen LogP contribution in [-0.4, -0.2) is 14.7 Å². The van der Waals surface area contributed by atoms with Crippen molar-refractivity contribution >= 4 is 0 Å². The molecule has 2 aromatic heterocycles. The third-order valence-electron chi connectivity index (χ3n) is 3.76. The van der Waals surface area contributed by atoms with E-state index in [9.17, 15) is 5.11 Å². The third kappa shape index (κ3) is 1.95. The van der Waals surface area contributed by atoms with E-state index >= 15 is 0 Å². The van der Waals surface area contributed by atoms with Crippen LogP contribution in [0.4, 0.5) is 0 Å². The second-order valence-corrected chi connectivity index (χ2v) is 5.04. The number of hydrogen-bond acceptors (Lipinski definition) is 2. The molecule has 1 aliphatic carbocycles. The van der Waals surface area contributed by atoms with Crippen LogP contribution in [0.2, 0.25) is 0 Å².